The second kappa shape index (κ2) is 12.4. The van der Waals surface area contributed by atoms with Gasteiger partial charge in [0.05, 0.1) is 13.2 Å². The minimum atomic E-state index is -1.37. The molecule has 0 spiro atoms. The fourth-order valence-electron chi connectivity index (χ4n) is 6.88. The summed E-state index contributed by atoms with van der Waals surface area (Å²) in [5.74, 6) is 0.582. The Morgan fingerprint density at radius 2 is 1.72 bits per heavy atom. The van der Waals surface area contributed by atoms with Gasteiger partial charge < -0.3 is 14.6 Å². The SMILES string of the molecule is COc1ccccc1-c1ccc2ccccc2c1CC(C#N)(Cc1cccnc1)C(=O)N1CC=C(c2c[nH]c3ccccc23)CC1. The number of nitrogens with zero attached hydrogens (tertiary/aromatic N) is 3. The third-order valence-electron chi connectivity index (χ3n) is 9.20. The van der Waals surface area contributed by atoms with E-state index in [0.717, 1.165) is 44.3 Å². The molecule has 0 saturated heterocycles. The van der Waals surface area contributed by atoms with Crippen molar-refractivity contribution in [1.82, 2.24) is 14.9 Å². The quantitative estimate of drug-likeness (QED) is 0.191. The Labute approximate surface area is 268 Å². The number of nitrogens with one attached hydrogen (secondary N) is 1. The zero-order chi connectivity index (χ0) is 31.5. The lowest BCUT2D eigenvalue weighted by atomic mass is 9.74. The molecular weight excluding hydrogens is 568 g/mol. The maximum atomic E-state index is 14.8. The summed E-state index contributed by atoms with van der Waals surface area (Å²) in [6.45, 7) is 0.981. The molecule has 4 aromatic carbocycles. The summed E-state index contributed by atoms with van der Waals surface area (Å²) < 4.78 is 5.77. The number of nitriles is 1. The van der Waals surface area contributed by atoms with Gasteiger partial charge in [-0.3, -0.25) is 9.78 Å². The van der Waals surface area contributed by atoms with E-state index in [1.165, 1.54) is 16.5 Å². The smallest absolute Gasteiger partial charge is 0.244 e. The van der Waals surface area contributed by atoms with Gasteiger partial charge in [0.15, 0.2) is 0 Å². The van der Waals surface area contributed by atoms with Crippen LogP contribution in [0.25, 0.3) is 38.4 Å². The number of methoxy groups -OCH3 is 1. The molecule has 0 bridgehead atoms. The van der Waals surface area contributed by atoms with Crippen LogP contribution in [0.1, 0.15) is 23.1 Å². The topological polar surface area (TPSA) is 82.0 Å². The molecule has 6 aromatic rings. The van der Waals surface area contributed by atoms with Gasteiger partial charge in [0.2, 0.25) is 5.91 Å². The predicted molar refractivity (Wildman–Crippen MR) is 183 cm³/mol. The minimum Gasteiger partial charge on any atom is -0.496 e. The number of ether oxygens (including phenoxy) is 1. The highest BCUT2D eigenvalue weighted by Crippen LogP contribution is 2.41. The number of benzene rings is 4. The van der Waals surface area contributed by atoms with E-state index in [1.807, 2.05) is 65.6 Å². The Kier molecular flexibility index (Phi) is 7.82. The third-order valence-corrected chi connectivity index (χ3v) is 9.20. The first-order chi connectivity index (χ1) is 22.6. The fourth-order valence-corrected chi connectivity index (χ4v) is 6.88. The number of aromatic nitrogens is 2. The minimum absolute atomic E-state index is 0.160. The van der Waals surface area contributed by atoms with Crippen molar-refractivity contribution in [2.75, 3.05) is 20.2 Å². The number of carbonyl (C=O) groups is 1. The van der Waals surface area contributed by atoms with Crippen LogP contribution >= 0.6 is 0 Å². The highest BCUT2D eigenvalue weighted by atomic mass is 16.5. The molecule has 3 heterocycles. The lowest BCUT2D eigenvalue weighted by Crippen LogP contribution is -2.47. The Balaban J connectivity index is 1.31. The van der Waals surface area contributed by atoms with E-state index in [1.54, 1.807) is 19.5 Å². The molecule has 1 atom stereocenters. The van der Waals surface area contributed by atoms with E-state index >= 15 is 0 Å². The zero-order valence-corrected chi connectivity index (χ0v) is 25.7. The van der Waals surface area contributed by atoms with Gasteiger partial charge in [0, 0.05) is 66.6 Å². The first-order valence-electron chi connectivity index (χ1n) is 15.6. The number of pyridine rings is 1. The van der Waals surface area contributed by atoms with Crippen LogP contribution < -0.4 is 4.74 Å². The van der Waals surface area contributed by atoms with Crippen LogP contribution in [0.15, 0.2) is 122 Å². The second-order valence-corrected chi connectivity index (χ2v) is 11.9. The van der Waals surface area contributed by atoms with Crippen molar-refractivity contribution in [2.45, 2.75) is 19.3 Å². The van der Waals surface area contributed by atoms with E-state index in [-0.39, 0.29) is 18.7 Å². The van der Waals surface area contributed by atoms with E-state index in [4.69, 9.17) is 4.74 Å². The van der Waals surface area contributed by atoms with E-state index in [2.05, 4.69) is 64.7 Å². The summed E-state index contributed by atoms with van der Waals surface area (Å²) in [4.78, 5) is 24.3. The number of aromatic amines is 1. The van der Waals surface area contributed by atoms with Crippen molar-refractivity contribution in [3.8, 4) is 22.9 Å². The van der Waals surface area contributed by atoms with Crippen LogP contribution in [-0.2, 0) is 17.6 Å². The lowest BCUT2D eigenvalue weighted by Gasteiger charge is -2.35. The van der Waals surface area contributed by atoms with Crippen molar-refractivity contribution in [3.63, 3.8) is 0 Å². The fraction of sp³-hybridized carbons (Fsp3) is 0.175. The molecule has 1 unspecified atom stereocenters. The summed E-state index contributed by atoms with van der Waals surface area (Å²) in [6, 6.07) is 34.9. The Hall–Kier alpha value is -5.67. The van der Waals surface area contributed by atoms with Crippen LogP contribution in [0.2, 0.25) is 0 Å². The Bertz CT molecular complexity index is 2120. The molecule has 1 N–H and O–H groups in total. The number of hydrogen-bond acceptors (Lipinski definition) is 4. The number of amides is 1. The largest absolute Gasteiger partial charge is 0.496 e. The number of carbonyl (C=O) groups excluding carboxylic acids is 1. The van der Waals surface area contributed by atoms with Crippen molar-refractivity contribution >= 4 is 33.2 Å². The summed E-state index contributed by atoms with van der Waals surface area (Å²) in [7, 11) is 1.67. The molecule has 226 valence electrons. The first-order valence-corrected chi connectivity index (χ1v) is 15.6. The highest BCUT2D eigenvalue weighted by Gasteiger charge is 2.43. The first kappa shape index (κ1) is 29.1. The predicted octanol–water partition coefficient (Wildman–Crippen LogP) is 8.00. The van der Waals surface area contributed by atoms with Gasteiger partial charge in [-0.25, -0.2) is 0 Å². The second-order valence-electron chi connectivity index (χ2n) is 11.9. The normalized spacial score (nSPS) is 14.4. The number of H-pyrrole nitrogens is 1. The molecule has 0 fully saturated rings. The number of rotatable bonds is 8. The maximum Gasteiger partial charge on any atom is 0.244 e. The van der Waals surface area contributed by atoms with Gasteiger partial charge >= 0.3 is 0 Å². The summed E-state index contributed by atoms with van der Waals surface area (Å²) >= 11 is 0. The molecule has 1 amide bonds. The van der Waals surface area contributed by atoms with Crippen LogP contribution in [0.4, 0.5) is 0 Å². The molecule has 2 aromatic heterocycles. The molecular formula is C40H34N4O2. The molecule has 6 nitrogen and oxygen atoms in total. The summed E-state index contributed by atoms with van der Waals surface area (Å²) in [6.07, 6.45) is 8.86. The third kappa shape index (κ3) is 5.31. The van der Waals surface area contributed by atoms with Gasteiger partial charge in [0.25, 0.3) is 0 Å². The molecule has 0 aliphatic carbocycles. The van der Waals surface area contributed by atoms with Gasteiger partial charge in [-0.05, 0) is 57.7 Å². The van der Waals surface area contributed by atoms with Crippen LogP contribution in [0, 0.1) is 16.7 Å². The van der Waals surface area contributed by atoms with Crippen LogP contribution in [-0.4, -0.2) is 41.0 Å². The molecule has 1 aliphatic rings. The van der Waals surface area contributed by atoms with Gasteiger partial charge in [0.1, 0.15) is 11.2 Å². The highest BCUT2D eigenvalue weighted by molar-refractivity contribution is 5.96. The average molecular weight is 603 g/mol. The summed E-state index contributed by atoms with van der Waals surface area (Å²) in [5, 5.41) is 14.3. The molecule has 6 heteroatoms. The van der Waals surface area contributed by atoms with Gasteiger partial charge in [-0.2, -0.15) is 5.26 Å². The molecule has 46 heavy (non-hydrogen) atoms. The lowest BCUT2D eigenvalue weighted by molar-refractivity contribution is -0.138. The van der Waals surface area contributed by atoms with Crippen LogP contribution in [0.3, 0.4) is 0 Å². The number of fused-ring (bicyclic) bond motifs is 2. The van der Waals surface area contributed by atoms with Crippen LogP contribution in [0.5, 0.6) is 5.75 Å². The van der Waals surface area contributed by atoms with Crippen molar-refractivity contribution in [1.29, 1.82) is 5.26 Å². The monoisotopic (exact) mass is 602 g/mol. The average Bonchev–Trinajstić information content (AvgIpc) is 3.56. The Morgan fingerprint density at radius 1 is 0.913 bits per heavy atom. The summed E-state index contributed by atoms with van der Waals surface area (Å²) in [5.41, 5.74) is 5.79. The van der Waals surface area contributed by atoms with E-state index in [9.17, 15) is 10.1 Å². The van der Waals surface area contributed by atoms with Gasteiger partial charge in [-0.1, -0.05) is 84.9 Å². The zero-order valence-electron chi connectivity index (χ0n) is 25.7. The van der Waals surface area contributed by atoms with Gasteiger partial charge in [-0.15, -0.1) is 0 Å². The molecule has 0 radical (unpaired) electrons. The van der Waals surface area contributed by atoms with Crippen molar-refractivity contribution in [2.24, 2.45) is 5.41 Å². The maximum absolute atomic E-state index is 14.8. The number of hydrogen-bond donors (Lipinski definition) is 1. The molecule has 0 saturated carbocycles. The Morgan fingerprint density at radius 3 is 2.50 bits per heavy atom. The van der Waals surface area contributed by atoms with E-state index in [0.29, 0.717) is 19.5 Å². The molecule has 1 aliphatic heterocycles. The van der Waals surface area contributed by atoms with Crippen molar-refractivity contribution < 1.29 is 9.53 Å². The van der Waals surface area contributed by atoms with Crippen molar-refractivity contribution in [3.05, 3.63) is 138 Å². The number of para-hydroxylation sites is 2. The molecule has 7 rings (SSSR count). The standard InChI is InChI=1S/C40H34N4O2/c1-46-38-15-7-5-13-34(38)32-17-16-29-10-2-3-11-31(29)35(32)24-40(27-41,23-28-9-8-20-42-25-28)39(45)44-21-18-30(19-22-44)36-26-43-37-14-6-4-12-33(36)37/h2-18,20,25-26,43H,19,21-24H2,1H3. The van der Waals surface area contributed by atoms with E-state index < -0.39 is 5.41 Å².